The number of nitrogens with one attached hydrogen (secondary N) is 1. The molecule has 2 rings (SSSR count). The number of piperidine rings is 1. The largest absolute Gasteiger partial charge is 0.494 e. The molecule has 1 heterocycles. The predicted octanol–water partition coefficient (Wildman–Crippen LogP) is 2.75. The number of rotatable bonds is 4. The van der Waals surface area contributed by atoms with Crippen LogP contribution in [0.4, 0.5) is 5.69 Å². The van der Waals surface area contributed by atoms with E-state index in [1.165, 1.54) is 36.2 Å². The van der Waals surface area contributed by atoms with E-state index < -0.39 is 0 Å². The molecule has 1 N–H and O–H groups in total. The van der Waals surface area contributed by atoms with Gasteiger partial charge in [0, 0.05) is 13.6 Å². The second-order valence-electron chi connectivity index (χ2n) is 5.73. The summed E-state index contributed by atoms with van der Waals surface area (Å²) in [4.78, 5) is 2.34. The number of hydrogen-bond donors (Lipinski definition) is 1. The lowest BCUT2D eigenvalue weighted by atomic mass is 9.98. The van der Waals surface area contributed by atoms with Crippen molar-refractivity contribution >= 4 is 5.69 Å². The molecule has 1 saturated heterocycles. The molecule has 1 aliphatic heterocycles. The monoisotopic (exact) mass is 262 g/mol. The van der Waals surface area contributed by atoms with Crippen molar-refractivity contribution in [2.24, 2.45) is 5.92 Å². The second kappa shape index (κ2) is 6.29. The summed E-state index contributed by atoms with van der Waals surface area (Å²) >= 11 is 0. The van der Waals surface area contributed by atoms with E-state index in [0.717, 1.165) is 24.8 Å². The Labute approximate surface area is 116 Å². The molecular formula is C16H26N2O. The maximum atomic E-state index is 5.58. The first-order valence-electron chi connectivity index (χ1n) is 7.19. The number of benzene rings is 1. The van der Waals surface area contributed by atoms with Gasteiger partial charge < -0.3 is 15.0 Å². The predicted molar refractivity (Wildman–Crippen MR) is 81.3 cm³/mol. The van der Waals surface area contributed by atoms with Crippen LogP contribution in [0, 0.1) is 19.8 Å². The third-order valence-electron chi connectivity index (χ3n) is 3.95. The number of ether oxygens (including phenoxy) is 1. The van der Waals surface area contributed by atoms with Crippen molar-refractivity contribution in [3.8, 4) is 5.75 Å². The van der Waals surface area contributed by atoms with Gasteiger partial charge in [0.15, 0.2) is 0 Å². The fourth-order valence-electron chi connectivity index (χ4n) is 3.05. The van der Waals surface area contributed by atoms with Crippen LogP contribution >= 0.6 is 0 Å². The molecule has 1 aliphatic rings. The van der Waals surface area contributed by atoms with Crippen LogP contribution in [0.2, 0.25) is 0 Å². The van der Waals surface area contributed by atoms with Crippen molar-refractivity contribution in [1.82, 2.24) is 5.32 Å². The molecule has 1 fully saturated rings. The molecule has 1 unspecified atom stereocenters. The van der Waals surface area contributed by atoms with Crippen LogP contribution in [0.1, 0.15) is 24.0 Å². The van der Waals surface area contributed by atoms with Crippen molar-refractivity contribution < 1.29 is 4.74 Å². The molecule has 19 heavy (non-hydrogen) atoms. The van der Waals surface area contributed by atoms with Crippen LogP contribution in [-0.2, 0) is 0 Å². The third-order valence-corrected chi connectivity index (χ3v) is 3.95. The zero-order valence-electron chi connectivity index (χ0n) is 12.6. The number of nitrogens with zero attached hydrogens (tertiary/aromatic N) is 1. The van der Waals surface area contributed by atoms with Crippen LogP contribution < -0.4 is 15.0 Å². The zero-order valence-corrected chi connectivity index (χ0v) is 12.6. The highest BCUT2D eigenvalue weighted by atomic mass is 16.5. The Balaban J connectivity index is 2.15. The van der Waals surface area contributed by atoms with E-state index in [1.807, 2.05) is 0 Å². The Bertz CT molecular complexity index is 425. The van der Waals surface area contributed by atoms with Crippen molar-refractivity contribution in [2.75, 3.05) is 38.7 Å². The molecule has 106 valence electrons. The summed E-state index contributed by atoms with van der Waals surface area (Å²) in [6.07, 6.45) is 2.62. The van der Waals surface area contributed by atoms with Crippen molar-refractivity contribution in [1.29, 1.82) is 0 Å². The average Bonchev–Trinajstić information content (AvgIpc) is 2.39. The van der Waals surface area contributed by atoms with Gasteiger partial charge >= 0.3 is 0 Å². The molecule has 0 spiro atoms. The molecule has 0 bridgehead atoms. The van der Waals surface area contributed by atoms with Crippen molar-refractivity contribution in [2.45, 2.75) is 26.7 Å². The average molecular weight is 262 g/mol. The van der Waals surface area contributed by atoms with Gasteiger partial charge in [-0.1, -0.05) is 6.07 Å². The van der Waals surface area contributed by atoms with E-state index >= 15 is 0 Å². The standard InChI is InChI=1S/C16H26N2O/c1-12-8-13(2)16(19-4)15(9-12)18(3)11-14-6-5-7-17-10-14/h8-9,14,17H,5-7,10-11H2,1-4H3. The molecule has 0 aromatic heterocycles. The van der Waals surface area contributed by atoms with Gasteiger partial charge in [-0.25, -0.2) is 0 Å². The van der Waals surface area contributed by atoms with Gasteiger partial charge in [0.1, 0.15) is 5.75 Å². The molecule has 3 heteroatoms. The minimum absolute atomic E-state index is 0.740. The molecule has 0 amide bonds. The Morgan fingerprint density at radius 1 is 1.37 bits per heavy atom. The molecule has 0 aliphatic carbocycles. The van der Waals surface area contributed by atoms with Gasteiger partial charge in [-0.15, -0.1) is 0 Å². The highest BCUT2D eigenvalue weighted by Gasteiger charge is 2.18. The van der Waals surface area contributed by atoms with Crippen LogP contribution in [0.25, 0.3) is 0 Å². The first-order chi connectivity index (χ1) is 9.11. The Morgan fingerprint density at radius 2 is 2.16 bits per heavy atom. The van der Waals surface area contributed by atoms with E-state index in [9.17, 15) is 0 Å². The third kappa shape index (κ3) is 3.41. The first kappa shape index (κ1) is 14.2. The van der Waals surface area contributed by atoms with Gasteiger partial charge in [-0.2, -0.15) is 0 Å². The molecule has 0 radical (unpaired) electrons. The number of anilines is 1. The Hall–Kier alpha value is -1.22. The maximum absolute atomic E-state index is 5.58. The normalized spacial score (nSPS) is 19.3. The molecule has 1 aromatic rings. The minimum Gasteiger partial charge on any atom is -0.494 e. The van der Waals surface area contributed by atoms with Crippen LogP contribution in [0.3, 0.4) is 0 Å². The minimum atomic E-state index is 0.740. The quantitative estimate of drug-likeness (QED) is 0.903. The second-order valence-corrected chi connectivity index (χ2v) is 5.73. The molecule has 3 nitrogen and oxygen atoms in total. The summed E-state index contributed by atoms with van der Waals surface area (Å²) in [5, 5.41) is 3.49. The van der Waals surface area contributed by atoms with Crippen molar-refractivity contribution in [3.05, 3.63) is 23.3 Å². The number of aryl methyl sites for hydroxylation is 2. The highest BCUT2D eigenvalue weighted by Crippen LogP contribution is 2.33. The first-order valence-corrected chi connectivity index (χ1v) is 7.19. The Morgan fingerprint density at radius 3 is 2.79 bits per heavy atom. The molecule has 0 saturated carbocycles. The molecular weight excluding hydrogens is 236 g/mol. The highest BCUT2D eigenvalue weighted by molar-refractivity contribution is 5.63. The van der Waals surface area contributed by atoms with Gasteiger partial charge in [0.05, 0.1) is 12.8 Å². The summed E-state index contributed by atoms with van der Waals surface area (Å²) in [5.74, 6) is 1.75. The fraction of sp³-hybridized carbons (Fsp3) is 0.625. The van der Waals surface area contributed by atoms with E-state index in [4.69, 9.17) is 4.74 Å². The molecule has 1 atom stereocenters. The Kier molecular flexibility index (Phi) is 4.70. The van der Waals surface area contributed by atoms with Crippen LogP contribution in [0.15, 0.2) is 12.1 Å². The summed E-state index contributed by atoms with van der Waals surface area (Å²) in [6, 6.07) is 4.40. The van der Waals surface area contributed by atoms with E-state index in [1.54, 1.807) is 7.11 Å². The molecule has 1 aromatic carbocycles. The number of hydrogen-bond acceptors (Lipinski definition) is 3. The summed E-state index contributed by atoms with van der Waals surface area (Å²) in [7, 11) is 3.93. The topological polar surface area (TPSA) is 24.5 Å². The van der Waals surface area contributed by atoms with Crippen molar-refractivity contribution in [3.63, 3.8) is 0 Å². The maximum Gasteiger partial charge on any atom is 0.145 e. The zero-order chi connectivity index (χ0) is 13.8. The van der Waals surface area contributed by atoms with Gasteiger partial charge in [0.2, 0.25) is 0 Å². The number of methoxy groups -OCH3 is 1. The van der Waals surface area contributed by atoms with Crippen LogP contribution in [0.5, 0.6) is 5.75 Å². The summed E-state index contributed by atoms with van der Waals surface area (Å²) in [5.41, 5.74) is 3.72. The lowest BCUT2D eigenvalue weighted by Gasteiger charge is -2.30. The smallest absolute Gasteiger partial charge is 0.145 e. The lowest BCUT2D eigenvalue weighted by molar-refractivity contribution is 0.377. The SMILES string of the molecule is COc1c(C)cc(C)cc1N(C)CC1CCCNC1. The van der Waals surface area contributed by atoms with Crippen LogP contribution in [-0.4, -0.2) is 33.8 Å². The van der Waals surface area contributed by atoms with Gasteiger partial charge in [0.25, 0.3) is 0 Å². The summed E-state index contributed by atoms with van der Waals surface area (Å²) < 4.78 is 5.58. The fourth-order valence-corrected chi connectivity index (χ4v) is 3.05. The van der Waals surface area contributed by atoms with E-state index in [2.05, 4.69) is 43.2 Å². The lowest BCUT2D eigenvalue weighted by Crippen LogP contribution is -2.37. The van der Waals surface area contributed by atoms with Gasteiger partial charge in [-0.3, -0.25) is 0 Å². The van der Waals surface area contributed by atoms with Gasteiger partial charge in [-0.05, 0) is 62.9 Å². The van der Waals surface area contributed by atoms with E-state index in [-0.39, 0.29) is 0 Å². The van der Waals surface area contributed by atoms with E-state index in [0.29, 0.717) is 0 Å². The summed E-state index contributed by atoms with van der Waals surface area (Å²) in [6.45, 7) is 7.66.